The Labute approximate surface area is 225 Å². The van der Waals surface area contributed by atoms with Crippen molar-refractivity contribution in [3.63, 3.8) is 0 Å². The molecular formula is C26H19Cl2FN6O3. The van der Waals surface area contributed by atoms with Crippen molar-refractivity contribution in [2.24, 2.45) is 4.99 Å². The molecule has 3 heterocycles. The molecule has 38 heavy (non-hydrogen) atoms. The Morgan fingerprint density at radius 2 is 1.92 bits per heavy atom. The number of anilines is 2. The number of halogens is 3. The van der Waals surface area contributed by atoms with E-state index in [9.17, 15) is 14.0 Å². The number of pyridine rings is 1. The van der Waals surface area contributed by atoms with Crippen LogP contribution in [0.15, 0.2) is 75.4 Å². The third-order valence-corrected chi connectivity index (χ3v) is 6.29. The summed E-state index contributed by atoms with van der Waals surface area (Å²) in [5, 5.41) is 9.43. The van der Waals surface area contributed by atoms with Crippen molar-refractivity contribution in [3.8, 4) is 0 Å². The van der Waals surface area contributed by atoms with E-state index in [2.05, 4.69) is 30.9 Å². The molecule has 192 valence electrons. The average molecular weight is 553 g/mol. The van der Waals surface area contributed by atoms with E-state index in [4.69, 9.17) is 27.6 Å². The van der Waals surface area contributed by atoms with Gasteiger partial charge in [-0.05, 0) is 50.2 Å². The van der Waals surface area contributed by atoms with Gasteiger partial charge in [-0.25, -0.2) is 14.4 Å². The van der Waals surface area contributed by atoms with Crippen LogP contribution >= 0.6 is 23.2 Å². The maximum atomic E-state index is 13.6. The minimum atomic E-state index is -0.860. The molecule has 3 N–H and O–H groups in total. The van der Waals surface area contributed by atoms with E-state index in [-0.39, 0.29) is 34.7 Å². The molecule has 1 aliphatic heterocycles. The van der Waals surface area contributed by atoms with Gasteiger partial charge in [0.15, 0.2) is 11.4 Å². The number of Topliss-reactive ketones (excluding diaryl/α,β-unsaturated/α-hetero) is 1. The third-order valence-electron chi connectivity index (χ3n) is 5.73. The number of oxazole rings is 1. The minimum absolute atomic E-state index is 0.0729. The molecule has 1 aliphatic rings. The molecule has 12 heteroatoms. The van der Waals surface area contributed by atoms with Gasteiger partial charge in [0.2, 0.25) is 5.96 Å². The highest BCUT2D eigenvalue weighted by Gasteiger charge is 2.31. The van der Waals surface area contributed by atoms with Gasteiger partial charge in [-0.3, -0.25) is 14.9 Å². The molecule has 0 saturated carbocycles. The van der Waals surface area contributed by atoms with Crippen LogP contribution in [0, 0.1) is 5.82 Å². The van der Waals surface area contributed by atoms with Gasteiger partial charge in [0.05, 0.1) is 5.57 Å². The SMILES string of the molecule is CC(=O)c1ccnc(NC(=O)C2=C(C)NC(Nc3nc4ccc(F)cc4o3)=NC2c2ccc(Cl)cc2Cl)c1. The van der Waals surface area contributed by atoms with Crippen molar-refractivity contribution >= 4 is 63.8 Å². The van der Waals surface area contributed by atoms with Crippen LogP contribution in [0.4, 0.5) is 16.2 Å². The molecule has 0 spiro atoms. The Balaban J connectivity index is 1.50. The van der Waals surface area contributed by atoms with Crippen molar-refractivity contribution in [3.05, 3.63) is 93.0 Å². The number of amides is 1. The molecule has 0 fully saturated rings. The lowest BCUT2D eigenvalue weighted by atomic mass is 9.95. The van der Waals surface area contributed by atoms with Crippen LogP contribution in [-0.4, -0.2) is 27.6 Å². The van der Waals surface area contributed by atoms with E-state index in [1.165, 1.54) is 37.4 Å². The number of hydrogen-bond donors (Lipinski definition) is 3. The second kappa shape index (κ2) is 10.2. The number of guanidine groups is 1. The first-order valence-electron chi connectivity index (χ1n) is 11.3. The highest BCUT2D eigenvalue weighted by atomic mass is 35.5. The van der Waals surface area contributed by atoms with Gasteiger partial charge < -0.3 is 15.1 Å². The normalized spacial score (nSPS) is 15.2. The molecule has 0 aliphatic carbocycles. The van der Waals surface area contributed by atoms with E-state index >= 15 is 0 Å². The highest BCUT2D eigenvalue weighted by molar-refractivity contribution is 6.35. The second-order valence-corrected chi connectivity index (χ2v) is 9.25. The van der Waals surface area contributed by atoms with Crippen molar-refractivity contribution in [1.82, 2.24) is 15.3 Å². The lowest BCUT2D eigenvalue weighted by Gasteiger charge is -2.27. The number of carbonyl (C=O) groups excluding carboxylic acids is 2. The fourth-order valence-electron chi connectivity index (χ4n) is 3.94. The molecule has 1 amide bonds. The summed E-state index contributed by atoms with van der Waals surface area (Å²) in [6, 6.07) is 11.1. The first-order chi connectivity index (χ1) is 18.2. The fourth-order valence-corrected chi connectivity index (χ4v) is 4.45. The number of nitrogens with zero attached hydrogens (tertiary/aromatic N) is 3. The molecular weight excluding hydrogens is 534 g/mol. The van der Waals surface area contributed by atoms with Crippen LogP contribution in [0.2, 0.25) is 10.0 Å². The third kappa shape index (κ3) is 5.22. The maximum absolute atomic E-state index is 13.6. The first kappa shape index (κ1) is 25.4. The summed E-state index contributed by atoms with van der Waals surface area (Å²) in [6.07, 6.45) is 1.44. The Hall–Kier alpha value is -4.28. The summed E-state index contributed by atoms with van der Waals surface area (Å²) in [6.45, 7) is 3.12. The van der Waals surface area contributed by atoms with E-state index in [1.54, 1.807) is 31.2 Å². The maximum Gasteiger partial charge on any atom is 0.302 e. The van der Waals surface area contributed by atoms with Crippen LogP contribution in [0.1, 0.15) is 35.8 Å². The zero-order valence-electron chi connectivity index (χ0n) is 20.0. The largest absolute Gasteiger partial charge is 0.423 e. The van der Waals surface area contributed by atoms with Crippen LogP contribution in [0.25, 0.3) is 11.1 Å². The number of fused-ring (bicyclic) bond motifs is 1. The summed E-state index contributed by atoms with van der Waals surface area (Å²) in [4.78, 5) is 38.3. The molecule has 2 aromatic carbocycles. The summed E-state index contributed by atoms with van der Waals surface area (Å²) in [5.41, 5.74) is 2.36. The van der Waals surface area contributed by atoms with Crippen LogP contribution in [0.5, 0.6) is 0 Å². The Bertz CT molecular complexity index is 1670. The predicted octanol–water partition coefficient (Wildman–Crippen LogP) is 5.90. The Morgan fingerprint density at radius 3 is 2.68 bits per heavy atom. The number of nitrogens with one attached hydrogen (secondary N) is 3. The smallest absolute Gasteiger partial charge is 0.302 e. The summed E-state index contributed by atoms with van der Waals surface area (Å²) < 4.78 is 19.2. The Morgan fingerprint density at radius 1 is 1.11 bits per heavy atom. The number of allylic oxidation sites excluding steroid dienone is 1. The number of rotatable bonds is 5. The van der Waals surface area contributed by atoms with Gasteiger partial charge in [0.1, 0.15) is 23.2 Å². The molecule has 1 unspecified atom stereocenters. The standard InChI is InChI=1S/C26H19Cl2FN6O3/c1-12-22(24(37)33-21-9-14(13(2)36)7-8-30-21)23(17-5-3-15(27)10-18(17)28)34-25(31-12)35-26-32-19-6-4-16(29)11-20(19)38-26/h3-11,23H,1-2H3,(H,30,33,37)(H2,31,32,34,35). The minimum Gasteiger partial charge on any atom is -0.423 e. The zero-order valence-corrected chi connectivity index (χ0v) is 21.5. The van der Waals surface area contributed by atoms with E-state index in [0.717, 1.165) is 0 Å². The highest BCUT2D eigenvalue weighted by Crippen LogP contribution is 2.36. The molecule has 0 radical (unpaired) electrons. The van der Waals surface area contributed by atoms with Crippen molar-refractivity contribution in [2.45, 2.75) is 19.9 Å². The van der Waals surface area contributed by atoms with Crippen molar-refractivity contribution in [1.29, 1.82) is 0 Å². The lowest BCUT2D eigenvalue weighted by Crippen LogP contribution is -2.37. The fraction of sp³-hybridized carbons (Fsp3) is 0.115. The second-order valence-electron chi connectivity index (χ2n) is 8.41. The predicted molar refractivity (Wildman–Crippen MR) is 143 cm³/mol. The van der Waals surface area contributed by atoms with E-state index in [1.807, 2.05) is 0 Å². The van der Waals surface area contributed by atoms with Gasteiger partial charge in [0.25, 0.3) is 5.91 Å². The van der Waals surface area contributed by atoms with Gasteiger partial charge >= 0.3 is 6.01 Å². The van der Waals surface area contributed by atoms with Gasteiger partial charge in [-0.2, -0.15) is 4.98 Å². The van der Waals surface area contributed by atoms with Crippen molar-refractivity contribution < 1.29 is 18.4 Å². The monoisotopic (exact) mass is 552 g/mol. The molecule has 0 bridgehead atoms. The molecule has 2 aromatic heterocycles. The Kier molecular flexibility index (Phi) is 6.83. The summed E-state index contributed by atoms with van der Waals surface area (Å²) in [7, 11) is 0. The molecule has 9 nitrogen and oxygen atoms in total. The van der Waals surface area contributed by atoms with Crippen molar-refractivity contribution in [2.75, 3.05) is 10.6 Å². The van der Waals surface area contributed by atoms with Gasteiger partial charge in [-0.15, -0.1) is 0 Å². The number of hydrogen-bond acceptors (Lipinski definition) is 8. The summed E-state index contributed by atoms with van der Waals surface area (Å²) in [5.74, 6) is -0.692. The van der Waals surface area contributed by atoms with E-state index < -0.39 is 17.8 Å². The average Bonchev–Trinajstić information content (AvgIpc) is 3.25. The molecule has 5 rings (SSSR count). The lowest BCUT2D eigenvalue weighted by molar-refractivity contribution is -0.113. The molecule has 1 atom stereocenters. The van der Waals surface area contributed by atoms with Gasteiger partial charge in [0, 0.05) is 39.1 Å². The van der Waals surface area contributed by atoms with Crippen LogP contribution in [-0.2, 0) is 4.79 Å². The van der Waals surface area contributed by atoms with Crippen LogP contribution in [0.3, 0.4) is 0 Å². The number of ketones is 1. The van der Waals surface area contributed by atoms with Gasteiger partial charge in [-0.1, -0.05) is 29.3 Å². The number of aromatic nitrogens is 2. The number of carbonyl (C=O) groups is 2. The topological polar surface area (TPSA) is 122 Å². The summed E-state index contributed by atoms with van der Waals surface area (Å²) >= 11 is 12.6. The first-order valence-corrected chi connectivity index (χ1v) is 12.1. The number of benzene rings is 2. The van der Waals surface area contributed by atoms with Crippen LogP contribution < -0.4 is 16.0 Å². The molecule has 4 aromatic rings. The quantitative estimate of drug-likeness (QED) is 0.263. The van der Waals surface area contributed by atoms with E-state index in [0.29, 0.717) is 32.4 Å². The molecule has 0 saturated heterocycles. The zero-order chi connectivity index (χ0) is 27.0. The number of aliphatic imine (C=N–C) groups is 1.